The molecule has 0 atom stereocenters. The van der Waals surface area contributed by atoms with Crippen molar-refractivity contribution in [3.8, 4) is 5.69 Å². The zero-order valence-corrected chi connectivity index (χ0v) is 15.5. The van der Waals surface area contributed by atoms with Crippen LogP contribution in [0.15, 0.2) is 30.3 Å². The fraction of sp³-hybridized carbons (Fsp3) is 0.421. The van der Waals surface area contributed by atoms with Crippen molar-refractivity contribution < 1.29 is 9.59 Å². The summed E-state index contributed by atoms with van der Waals surface area (Å²) in [6.07, 6.45) is 0. The van der Waals surface area contributed by atoms with E-state index in [4.69, 9.17) is 0 Å². The number of nitrogens with one attached hydrogen (secondary N) is 1. The molecule has 1 aromatic heterocycles. The maximum absolute atomic E-state index is 13.0. The van der Waals surface area contributed by atoms with E-state index >= 15 is 0 Å². The van der Waals surface area contributed by atoms with E-state index in [1.54, 1.807) is 9.58 Å². The molecule has 25 heavy (non-hydrogen) atoms. The van der Waals surface area contributed by atoms with Gasteiger partial charge in [-0.25, -0.2) is 4.68 Å². The number of para-hydroxylation sites is 1. The Kier molecular flexibility index (Phi) is 5.96. The predicted octanol–water partition coefficient (Wildman–Crippen LogP) is 2.48. The molecule has 0 aliphatic heterocycles. The lowest BCUT2D eigenvalue weighted by Gasteiger charge is -2.21. The maximum Gasteiger partial charge on any atom is 0.258 e. The molecule has 1 aromatic carbocycles. The van der Waals surface area contributed by atoms with Crippen molar-refractivity contribution in [2.75, 3.05) is 13.1 Å². The Bertz CT molecular complexity index is 750. The van der Waals surface area contributed by atoms with E-state index in [-0.39, 0.29) is 24.4 Å². The molecule has 6 heteroatoms. The lowest BCUT2D eigenvalue weighted by atomic mass is 10.1. The molecule has 0 fully saturated rings. The van der Waals surface area contributed by atoms with Gasteiger partial charge in [0.25, 0.3) is 5.91 Å². The minimum atomic E-state index is -0.168. The van der Waals surface area contributed by atoms with Gasteiger partial charge in [-0.2, -0.15) is 5.10 Å². The van der Waals surface area contributed by atoms with Crippen LogP contribution in [0.3, 0.4) is 0 Å². The molecule has 2 amide bonds. The summed E-state index contributed by atoms with van der Waals surface area (Å²) in [5.74, 6) is -0.324. The van der Waals surface area contributed by atoms with E-state index in [0.29, 0.717) is 17.8 Å². The standard InChI is InChI=1S/C19H26N4O2/c1-6-22(12-17(24)20-13(2)3)19(25)18-14(4)21-23(15(18)5)16-10-8-7-9-11-16/h7-11,13H,6,12H2,1-5H3,(H,20,24). The number of benzene rings is 1. The first-order valence-electron chi connectivity index (χ1n) is 8.55. The van der Waals surface area contributed by atoms with Crippen LogP contribution in [0.25, 0.3) is 5.69 Å². The first-order valence-corrected chi connectivity index (χ1v) is 8.55. The van der Waals surface area contributed by atoms with Crippen LogP contribution in [0.5, 0.6) is 0 Å². The number of aromatic nitrogens is 2. The van der Waals surface area contributed by atoms with Crippen molar-refractivity contribution in [1.82, 2.24) is 20.0 Å². The summed E-state index contributed by atoms with van der Waals surface area (Å²) in [5.41, 5.74) is 2.90. The summed E-state index contributed by atoms with van der Waals surface area (Å²) in [4.78, 5) is 26.6. The highest BCUT2D eigenvalue weighted by atomic mass is 16.2. The zero-order valence-electron chi connectivity index (χ0n) is 15.5. The molecule has 0 radical (unpaired) electrons. The van der Waals surface area contributed by atoms with Gasteiger partial charge in [0.15, 0.2) is 0 Å². The molecule has 1 heterocycles. The van der Waals surface area contributed by atoms with Crippen LogP contribution in [0.1, 0.15) is 42.5 Å². The van der Waals surface area contributed by atoms with Gasteiger partial charge < -0.3 is 10.2 Å². The normalized spacial score (nSPS) is 10.8. The molecular weight excluding hydrogens is 316 g/mol. The minimum absolute atomic E-state index is 0.0446. The number of hydrogen-bond acceptors (Lipinski definition) is 3. The second-order valence-electron chi connectivity index (χ2n) is 6.33. The summed E-state index contributed by atoms with van der Waals surface area (Å²) >= 11 is 0. The highest BCUT2D eigenvalue weighted by Crippen LogP contribution is 2.19. The van der Waals surface area contributed by atoms with Gasteiger partial charge in [-0.3, -0.25) is 9.59 Å². The van der Waals surface area contributed by atoms with Crippen LogP contribution in [0.4, 0.5) is 0 Å². The smallest absolute Gasteiger partial charge is 0.258 e. The van der Waals surface area contributed by atoms with Crippen LogP contribution < -0.4 is 5.32 Å². The Labute approximate surface area is 148 Å². The number of hydrogen-bond donors (Lipinski definition) is 1. The van der Waals surface area contributed by atoms with E-state index < -0.39 is 0 Å². The molecular formula is C19H26N4O2. The Morgan fingerprint density at radius 2 is 1.84 bits per heavy atom. The Morgan fingerprint density at radius 3 is 2.40 bits per heavy atom. The van der Waals surface area contributed by atoms with Gasteiger partial charge in [0, 0.05) is 12.6 Å². The van der Waals surface area contributed by atoms with Crippen molar-refractivity contribution in [1.29, 1.82) is 0 Å². The summed E-state index contributed by atoms with van der Waals surface area (Å²) in [5, 5.41) is 7.33. The minimum Gasteiger partial charge on any atom is -0.352 e. The van der Waals surface area contributed by atoms with E-state index in [1.165, 1.54) is 0 Å². The lowest BCUT2D eigenvalue weighted by Crippen LogP contribution is -2.42. The first kappa shape index (κ1) is 18.7. The number of likely N-dealkylation sites (N-methyl/N-ethyl adjacent to an activating group) is 1. The van der Waals surface area contributed by atoms with E-state index in [9.17, 15) is 9.59 Å². The fourth-order valence-electron chi connectivity index (χ4n) is 2.80. The van der Waals surface area contributed by atoms with Crippen molar-refractivity contribution in [2.45, 2.75) is 40.7 Å². The SMILES string of the molecule is CCN(CC(=O)NC(C)C)C(=O)c1c(C)nn(-c2ccccc2)c1C. The first-order chi connectivity index (χ1) is 11.8. The number of carbonyl (C=O) groups is 2. The topological polar surface area (TPSA) is 67.2 Å². The Hall–Kier alpha value is -2.63. The van der Waals surface area contributed by atoms with Crippen molar-refractivity contribution in [3.63, 3.8) is 0 Å². The van der Waals surface area contributed by atoms with Crippen LogP contribution in [0, 0.1) is 13.8 Å². The third-order valence-corrected chi connectivity index (χ3v) is 3.96. The van der Waals surface area contributed by atoms with Crippen molar-refractivity contribution >= 4 is 11.8 Å². The molecule has 0 saturated heterocycles. The molecule has 0 aliphatic rings. The highest BCUT2D eigenvalue weighted by molar-refractivity contribution is 5.98. The monoisotopic (exact) mass is 342 g/mol. The average molecular weight is 342 g/mol. The molecule has 0 unspecified atom stereocenters. The maximum atomic E-state index is 13.0. The summed E-state index contributed by atoms with van der Waals surface area (Å²) < 4.78 is 1.77. The quantitative estimate of drug-likeness (QED) is 0.877. The largest absolute Gasteiger partial charge is 0.352 e. The van der Waals surface area contributed by atoms with Gasteiger partial charge in [0.1, 0.15) is 0 Å². The van der Waals surface area contributed by atoms with Crippen molar-refractivity contribution in [3.05, 3.63) is 47.3 Å². The molecule has 0 spiro atoms. The third kappa shape index (κ3) is 4.26. The van der Waals surface area contributed by atoms with Crippen LogP contribution >= 0.6 is 0 Å². The zero-order chi connectivity index (χ0) is 18.6. The summed E-state index contributed by atoms with van der Waals surface area (Å²) in [6.45, 7) is 9.86. The molecule has 0 saturated carbocycles. The van der Waals surface area contributed by atoms with Gasteiger partial charge >= 0.3 is 0 Å². The number of carbonyl (C=O) groups excluding carboxylic acids is 2. The molecule has 2 aromatic rings. The summed E-state index contributed by atoms with van der Waals surface area (Å²) in [7, 11) is 0. The van der Waals surface area contributed by atoms with Gasteiger partial charge in [-0.15, -0.1) is 0 Å². The molecule has 134 valence electrons. The van der Waals surface area contributed by atoms with Gasteiger partial charge in [-0.05, 0) is 46.8 Å². The van der Waals surface area contributed by atoms with E-state index in [2.05, 4.69) is 10.4 Å². The lowest BCUT2D eigenvalue weighted by molar-refractivity contribution is -0.122. The fourth-order valence-corrected chi connectivity index (χ4v) is 2.80. The molecule has 1 N–H and O–H groups in total. The predicted molar refractivity (Wildman–Crippen MR) is 97.9 cm³/mol. The van der Waals surface area contributed by atoms with Gasteiger partial charge in [0.2, 0.25) is 5.91 Å². The number of aryl methyl sites for hydroxylation is 1. The van der Waals surface area contributed by atoms with E-state index in [0.717, 1.165) is 11.4 Å². The second-order valence-corrected chi connectivity index (χ2v) is 6.33. The number of nitrogens with zero attached hydrogens (tertiary/aromatic N) is 3. The Balaban J connectivity index is 2.29. The number of rotatable bonds is 6. The molecule has 0 aliphatic carbocycles. The van der Waals surface area contributed by atoms with Crippen molar-refractivity contribution in [2.24, 2.45) is 0 Å². The molecule has 0 bridgehead atoms. The van der Waals surface area contributed by atoms with E-state index in [1.807, 2.05) is 65.0 Å². The second kappa shape index (κ2) is 7.96. The molecule has 6 nitrogen and oxygen atoms in total. The van der Waals surface area contributed by atoms with Crippen LogP contribution in [-0.4, -0.2) is 45.6 Å². The average Bonchev–Trinajstić information content (AvgIpc) is 2.86. The third-order valence-electron chi connectivity index (χ3n) is 3.96. The Morgan fingerprint density at radius 1 is 1.20 bits per heavy atom. The highest BCUT2D eigenvalue weighted by Gasteiger charge is 2.25. The van der Waals surface area contributed by atoms with Gasteiger partial charge in [0.05, 0.1) is 29.2 Å². The summed E-state index contributed by atoms with van der Waals surface area (Å²) in [6, 6.07) is 9.74. The van der Waals surface area contributed by atoms with Gasteiger partial charge in [-0.1, -0.05) is 18.2 Å². The van der Waals surface area contributed by atoms with Crippen LogP contribution in [0.2, 0.25) is 0 Å². The molecule has 2 rings (SSSR count). The number of amides is 2. The van der Waals surface area contributed by atoms with Crippen LogP contribution in [-0.2, 0) is 4.79 Å².